The Morgan fingerprint density at radius 1 is 0.878 bits per heavy atom. The highest BCUT2D eigenvalue weighted by Crippen LogP contribution is 2.19. The summed E-state index contributed by atoms with van der Waals surface area (Å²) in [6, 6.07) is 16.4. The zero-order valence-electron chi connectivity index (χ0n) is 24.9. The van der Waals surface area contributed by atoms with Crippen molar-refractivity contribution in [1.29, 1.82) is 0 Å². The maximum absolute atomic E-state index is 13.5. The van der Waals surface area contributed by atoms with Crippen molar-refractivity contribution in [2.75, 3.05) is 13.6 Å². The number of rotatable bonds is 14. The minimum Gasteiger partial charge on any atom is -0.444 e. The van der Waals surface area contributed by atoms with E-state index >= 15 is 0 Å². The standard InChI is InChI=1S/C32H45N5O4/c1-22(13-11-12-18-34-31(40)41-32(2,3)4)36-30(39)28(20-24-21-35-26-17-10-9-16-25(24)26)37-29(38)27(33-5)19-23-14-7-6-8-15-23/h6-10,14-17,21-22,27-28,33,35H,11-13,18-20H2,1-5H3,(H,34,40)(H,36,39)(H,37,38). The number of likely N-dealkylation sites (N-methyl/N-ethyl adjacent to an activating group) is 1. The van der Waals surface area contributed by atoms with E-state index in [4.69, 9.17) is 4.74 Å². The molecule has 0 spiro atoms. The van der Waals surface area contributed by atoms with Gasteiger partial charge in [-0.05, 0) is 77.6 Å². The molecule has 0 saturated heterocycles. The number of aromatic nitrogens is 1. The first kappa shape index (κ1) is 31.7. The van der Waals surface area contributed by atoms with E-state index in [1.54, 1.807) is 7.05 Å². The van der Waals surface area contributed by atoms with Gasteiger partial charge in [0.25, 0.3) is 0 Å². The largest absolute Gasteiger partial charge is 0.444 e. The maximum atomic E-state index is 13.5. The van der Waals surface area contributed by atoms with Crippen LogP contribution in [-0.4, -0.2) is 60.2 Å². The van der Waals surface area contributed by atoms with Crippen molar-refractivity contribution < 1.29 is 19.1 Å². The van der Waals surface area contributed by atoms with Crippen molar-refractivity contribution in [3.05, 3.63) is 71.9 Å². The van der Waals surface area contributed by atoms with Crippen LogP contribution in [0.5, 0.6) is 0 Å². The molecular formula is C32H45N5O4. The molecule has 1 aromatic heterocycles. The molecule has 0 saturated carbocycles. The molecule has 1 heterocycles. The molecule has 5 N–H and O–H groups in total. The number of alkyl carbamates (subject to hydrolysis) is 1. The van der Waals surface area contributed by atoms with Gasteiger partial charge in [-0.25, -0.2) is 4.79 Å². The smallest absolute Gasteiger partial charge is 0.407 e. The molecule has 3 rings (SSSR count). The molecule has 0 radical (unpaired) electrons. The number of nitrogens with one attached hydrogen (secondary N) is 5. The number of fused-ring (bicyclic) bond motifs is 1. The first-order valence-electron chi connectivity index (χ1n) is 14.4. The Morgan fingerprint density at radius 2 is 1.56 bits per heavy atom. The predicted octanol–water partition coefficient (Wildman–Crippen LogP) is 4.23. The Morgan fingerprint density at radius 3 is 2.27 bits per heavy atom. The van der Waals surface area contributed by atoms with Crippen LogP contribution in [-0.2, 0) is 27.2 Å². The molecule has 9 nitrogen and oxygen atoms in total. The van der Waals surface area contributed by atoms with Crippen LogP contribution >= 0.6 is 0 Å². The highest BCUT2D eigenvalue weighted by atomic mass is 16.6. The van der Waals surface area contributed by atoms with Gasteiger partial charge in [0.15, 0.2) is 0 Å². The molecule has 2 aromatic carbocycles. The summed E-state index contributed by atoms with van der Waals surface area (Å²) < 4.78 is 5.26. The minimum absolute atomic E-state index is 0.101. The number of H-pyrrole nitrogens is 1. The van der Waals surface area contributed by atoms with Crippen molar-refractivity contribution in [3.63, 3.8) is 0 Å². The van der Waals surface area contributed by atoms with Crippen molar-refractivity contribution in [2.45, 2.75) is 83.5 Å². The van der Waals surface area contributed by atoms with E-state index in [1.165, 1.54) is 0 Å². The lowest BCUT2D eigenvalue weighted by Gasteiger charge is -2.24. The van der Waals surface area contributed by atoms with E-state index in [2.05, 4.69) is 26.3 Å². The summed E-state index contributed by atoms with van der Waals surface area (Å²) in [5, 5.41) is 13.0. The third-order valence-electron chi connectivity index (χ3n) is 6.80. The third-order valence-corrected chi connectivity index (χ3v) is 6.80. The predicted molar refractivity (Wildman–Crippen MR) is 163 cm³/mol. The number of carbonyl (C=O) groups is 3. The van der Waals surface area contributed by atoms with E-state index in [0.717, 1.165) is 41.3 Å². The molecule has 3 atom stereocenters. The average Bonchev–Trinajstić information content (AvgIpc) is 3.33. The van der Waals surface area contributed by atoms with E-state index in [1.807, 2.05) is 88.5 Å². The van der Waals surface area contributed by atoms with Crippen LogP contribution in [0.1, 0.15) is 58.1 Å². The molecule has 3 unspecified atom stereocenters. The molecular weight excluding hydrogens is 518 g/mol. The summed E-state index contributed by atoms with van der Waals surface area (Å²) in [6.07, 6.45) is 4.66. The summed E-state index contributed by atoms with van der Waals surface area (Å²) >= 11 is 0. The Kier molecular flexibility index (Phi) is 11.8. The van der Waals surface area contributed by atoms with Crippen LogP contribution in [0, 0.1) is 0 Å². The van der Waals surface area contributed by atoms with Crippen LogP contribution in [0.2, 0.25) is 0 Å². The summed E-state index contributed by atoms with van der Waals surface area (Å²) in [5.41, 5.74) is 2.45. The van der Waals surface area contributed by atoms with Crippen molar-refractivity contribution in [1.82, 2.24) is 26.3 Å². The molecule has 3 amide bonds. The van der Waals surface area contributed by atoms with Gasteiger partial charge in [-0.15, -0.1) is 0 Å². The Balaban J connectivity index is 1.60. The summed E-state index contributed by atoms with van der Waals surface area (Å²) in [4.78, 5) is 41.9. The fraction of sp³-hybridized carbons (Fsp3) is 0.469. The number of para-hydroxylation sites is 1. The number of ether oxygens (including phenoxy) is 1. The van der Waals surface area contributed by atoms with Crippen LogP contribution in [0.25, 0.3) is 10.9 Å². The number of hydrogen-bond donors (Lipinski definition) is 5. The first-order valence-corrected chi connectivity index (χ1v) is 14.4. The maximum Gasteiger partial charge on any atom is 0.407 e. The van der Waals surface area contributed by atoms with Crippen molar-refractivity contribution in [3.8, 4) is 0 Å². The Labute approximate surface area is 243 Å². The van der Waals surface area contributed by atoms with Gasteiger partial charge in [0.2, 0.25) is 11.8 Å². The fourth-order valence-electron chi connectivity index (χ4n) is 4.67. The second-order valence-corrected chi connectivity index (χ2v) is 11.5. The van der Waals surface area contributed by atoms with Crippen LogP contribution in [0.4, 0.5) is 4.79 Å². The lowest BCUT2D eigenvalue weighted by atomic mass is 10.0. The number of benzene rings is 2. The Bertz CT molecular complexity index is 1270. The summed E-state index contributed by atoms with van der Waals surface area (Å²) in [7, 11) is 1.75. The van der Waals surface area contributed by atoms with Crippen molar-refractivity contribution >= 4 is 28.8 Å². The molecule has 222 valence electrons. The first-order chi connectivity index (χ1) is 19.6. The lowest BCUT2D eigenvalue weighted by Crippen LogP contribution is -2.54. The normalized spacial score (nSPS) is 13.7. The summed E-state index contributed by atoms with van der Waals surface area (Å²) in [5.74, 6) is -0.449. The molecule has 0 aliphatic carbocycles. The van der Waals surface area contributed by atoms with Gasteiger partial charge in [0.05, 0.1) is 6.04 Å². The van der Waals surface area contributed by atoms with Crippen LogP contribution < -0.4 is 21.3 Å². The number of unbranched alkanes of at least 4 members (excludes halogenated alkanes) is 1. The average molecular weight is 564 g/mol. The zero-order valence-corrected chi connectivity index (χ0v) is 24.9. The number of amides is 3. The SMILES string of the molecule is CNC(Cc1ccccc1)C(=O)NC(Cc1c[nH]c2ccccc12)C(=O)NC(C)CCCCNC(=O)OC(C)(C)C. The van der Waals surface area contributed by atoms with Gasteiger partial charge in [-0.2, -0.15) is 0 Å². The van der Waals surface area contributed by atoms with E-state index in [9.17, 15) is 14.4 Å². The monoisotopic (exact) mass is 563 g/mol. The van der Waals surface area contributed by atoms with Crippen molar-refractivity contribution in [2.24, 2.45) is 0 Å². The number of hydrogen-bond acceptors (Lipinski definition) is 5. The van der Waals surface area contributed by atoms with Gasteiger partial charge in [0.1, 0.15) is 11.6 Å². The van der Waals surface area contributed by atoms with Gasteiger partial charge < -0.3 is 31.0 Å². The molecule has 0 aliphatic rings. The molecule has 0 fully saturated rings. The van der Waals surface area contributed by atoms with E-state index in [0.29, 0.717) is 19.4 Å². The van der Waals surface area contributed by atoms with Crippen LogP contribution in [0.3, 0.4) is 0 Å². The lowest BCUT2D eigenvalue weighted by molar-refractivity contribution is -0.130. The Hall–Kier alpha value is -3.85. The molecule has 9 heteroatoms. The van der Waals surface area contributed by atoms with Gasteiger partial charge >= 0.3 is 6.09 Å². The number of carbonyl (C=O) groups excluding carboxylic acids is 3. The van der Waals surface area contributed by atoms with Gasteiger partial charge in [-0.1, -0.05) is 48.5 Å². The van der Waals surface area contributed by atoms with E-state index < -0.39 is 23.8 Å². The van der Waals surface area contributed by atoms with Gasteiger partial charge in [0, 0.05) is 36.1 Å². The van der Waals surface area contributed by atoms with Gasteiger partial charge in [-0.3, -0.25) is 9.59 Å². The van der Waals surface area contributed by atoms with E-state index in [-0.39, 0.29) is 17.9 Å². The molecule has 0 bridgehead atoms. The molecule has 41 heavy (non-hydrogen) atoms. The van der Waals surface area contributed by atoms with Crippen LogP contribution in [0.15, 0.2) is 60.8 Å². The second-order valence-electron chi connectivity index (χ2n) is 11.5. The topological polar surface area (TPSA) is 124 Å². The molecule has 0 aliphatic heterocycles. The minimum atomic E-state index is -0.746. The zero-order chi connectivity index (χ0) is 29.8. The highest BCUT2D eigenvalue weighted by molar-refractivity contribution is 5.91. The fourth-order valence-corrected chi connectivity index (χ4v) is 4.67. The second kappa shape index (κ2) is 15.2. The molecule has 3 aromatic rings. The third kappa shape index (κ3) is 10.6. The number of aromatic amines is 1. The quantitative estimate of drug-likeness (QED) is 0.188. The highest BCUT2D eigenvalue weighted by Gasteiger charge is 2.27. The summed E-state index contributed by atoms with van der Waals surface area (Å²) in [6.45, 7) is 7.94.